The fourth-order valence-electron chi connectivity index (χ4n) is 3.76. The van der Waals surface area contributed by atoms with E-state index in [-0.39, 0.29) is 5.54 Å². The summed E-state index contributed by atoms with van der Waals surface area (Å²) in [6.07, 6.45) is 7.93. The normalized spacial score (nSPS) is 17.6. The molecule has 2 nitrogen and oxygen atoms in total. The number of nitrogens with zero attached hydrogens (tertiary/aromatic N) is 1. The highest BCUT2D eigenvalue weighted by Gasteiger charge is 2.39. The van der Waals surface area contributed by atoms with Crippen LogP contribution in [0.5, 0.6) is 0 Å². The highest BCUT2D eigenvalue weighted by molar-refractivity contribution is 5.88. The van der Waals surface area contributed by atoms with Crippen LogP contribution >= 0.6 is 0 Å². The van der Waals surface area contributed by atoms with E-state index in [9.17, 15) is 4.79 Å². The highest BCUT2D eigenvalue weighted by Crippen LogP contribution is 2.33. The summed E-state index contributed by atoms with van der Waals surface area (Å²) in [4.78, 5) is 15.2. The first-order valence-corrected chi connectivity index (χ1v) is 7.92. The molecule has 0 aromatic heterocycles. The fraction of sp³-hybridized carbons (Fsp3) is 0.938. The van der Waals surface area contributed by atoms with Gasteiger partial charge in [0.25, 0.3) is 0 Å². The smallest absolute Gasteiger partial charge is 0.153 e. The Morgan fingerprint density at radius 2 is 1.56 bits per heavy atom. The van der Waals surface area contributed by atoms with Crippen molar-refractivity contribution in [3.05, 3.63) is 0 Å². The van der Waals surface area contributed by atoms with Crippen LogP contribution in [0.15, 0.2) is 0 Å². The van der Waals surface area contributed by atoms with Crippen LogP contribution in [-0.4, -0.2) is 29.3 Å². The van der Waals surface area contributed by atoms with Crippen LogP contribution in [0.3, 0.4) is 0 Å². The number of likely N-dealkylation sites (N-methyl/N-ethyl adjacent to an activating group) is 1. The molecular formula is C16H31NO. The molecule has 1 aliphatic carbocycles. The van der Waals surface area contributed by atoms with Gasteiger partial charge in [-0.1, -0.05) is 53.4 Å². The molecule has 1 fully saturated rings. The van der Waals surface area contributed by atoms with Crippen molar-refractivity contribution in [1.82, 2.24) is 4.90 Å². The minimum atomic E-state index is -0.188. The van der Waals surface area contributed by atoms with Crippen LogP contribution in [-0.2, 0) is 4.79 Å². The lowest BCUT2D eigenvalue weighted by Gasteiger charge is -2.41. The molecule has 18 heavy (non-hydrogen) atoms. The Labute approximate surface area is 113 Å². The van der Waals surface area contributed by atoms with Gasteiger partial charge in [0.2, 0.25) is 0 Å². The minimum Gasteiger partial charge on any atom is -0.298 e. The first-order chi connectivity index (χ1) is 8.64. The van der Waals surface area contributed by atoms with Crippen molar-refractivity contribution >= 4 is 5.78 Å². The van der Waals surface area contributed by atoms with Crippen LogP contribution < -0.4 is 0 Å². The minimum absolute atomic E-state index is 0.188. The van der Waals surface area contributed by atoms with Crippen molar-refractivity contribution in [3.8, 4) is 0 Å². The van der Waals surface area contributed by atoms with Gasteiger partial charge in [0.15, 0.2) is 5.78 Å². The molecule has 0 aromatic carbocycles. The molecule has 1 aliphatic rings. The van der Waals surface area contributed by atoms with Gasteiger partial charge < -0.3 is 0 Å². The largest absolute Gasteiger partial charge is 0.298 e. The number of hydrogen-bond acceptors (Lipinski definition) is 2. The topological polar surface area (TPSA) is 20.3 Å². The third kappa shape index (κ3) is 3.14. The molecule has 0 spiro atoms. The first kappa shape index (κ1) is 15.7. The van der Waals surface area contributed by atoms with Gasteiger partial charge in [-0.25, -0.2) is 0 Å². The van der Waals surface area contributed by atoms with Gasteiger partial charge in [-0.3, -0.25) is 9.69 Å². The third-order valence-corrected chi connectivity index (χ3v) is 5.01. The van der Waals surface area contributed by atoms with Gasteiger partial charge in [0, 0.05) is 6.42 Å². The molecule has 0 aromatic rings. The monoisotopic (exact) mass is 253 g/mol. The van der Waals surface area contributed by atoms with E-state index in [1.54, 1.807) is 0 Å². The molecule has 0 atom stereocenters. The summed E-state index contributed by atoms with van der Waals surface area (Å²) in [5, 5.41) is 0. The number of rotatable bonds is 8. The Balaban J connectivity index is 2.77. The van der Waals surface area contributed by atoms with E-state index in [1.807, 2.05) is 0 Å². The van der Waals surface area contributed by atoms with Gasteiger partial charge in [-0.15, -0.1) is 0 Å². The highest BCUT2D eigenvalue weighted by atomic mass is 16.1. The standard InChI is InChI=1S/C16H31NO/c1-5-16(6-2,17(7-3)8-4)15(18)13-14-11-9-10-12-14/h14H,5-13H2,1-4H3. The van der Waals surface area contributed by atoms with Crippen molar-refractivity contribution in [3.63, 3.8) is 0 Å². The van der Waals surface area contributed by atoms with E-state index >= 15 is 0 Å². The Morgan fingerprint density at radius 3 is 1.94 bits per heavy atom. The van der Waals surface area contributed by atoms with E-state index in [0.717, 1.165) is 32.4 Å². The Hall–Kier alpha value is -0.370. The van der Waals surface area contributed by atoms with Crippen molar-refractivity contribution in [2.24, 2.45) is 5.92 Å². The van der Waals surface area contributed by atoms with Gasteiger partial charge in [-0.05, 0) is 31.8 Å². The molecule has 0 saturated heterocycles. The zero-order valence-corrected chi connectivity index (χ0v) is 12.8. The predicted molar refractivity (Wildman–Crippen MR) is 77.8 cm³/mol. The summed E-state index contributed by atoms with van der Waals surface area (Å²) < 4.78 is 0. The number of Topliss-reactive ketones (excluding diaryl/α,β-unsaturated/α-hetero) is 1. The van der Waals surface area contributed by atoms with Crippen molar-refractivity contribution < 1.29 is 4.79 Å². The maximum absolute atomic E-state index is 12.8. The molecule has 106 valence electrons. The quantitative estimate of drug-likeness (QED) is 0.651. The van der Waals surface area contributed by atoms with Gasteiger partial charge >= 0.3 is 0 Å². The van der Waals surface area contributed by atoms with E-state index < -0.39 is 0 Å². The van der Waals surface area contributed by atoms with E-state index in [2.05, 4.69) is 32.6 Å². The van der Waals surface area contributed by atoms with E-state index in [4.69, 9.17) is 0 Å². The molecule has 1 saturated carbocycles. The Bertz CT molecular complexity index is 248. The molecule has 0 aliphatic heterocycles. The average Bonchev–Trinajstić information content (AvgIpc) is 2.88. The van der Waals surface area contributed by atoms with Gasteiger partial charge in [-0.2, -0.15) is 0 Å². The molecule has 2 heteroatoms. The summed E-state index contributed by atoms with van der Waals surface area (Å²) in [7, 11) is 0. The summed E-state index contributed by atoms with van der Waals surface area (Å²) in [6, 6.07) is 0. The van der Waals surface area contributed by atoms with Crippen LogP contribution in [0.4, 0.5) is 0 Å². The predicted octanol–water partition coefficient (Wildman–Crippen LogP) is 4.04. The zero-order valence-electron chi connectivity index (χ0n) is 12.8. The zero-order chi connectivity index (χ0) is 13.6. The van der Waals surface area contributed by atoms with Crippen LogP contribution in [0, 0.1) is 5.92 Å². The maximum Gasteiger partial charge on any atom is 0.153 e. The first-order valence-electron chi connectivity index (χ1n) is 7.92. The maximum atomic E-state index is 12.8. The summed E-state index contributed by atoms with van der Waals surface area (Å²) in [6.45, 7) is 10.7. The third-order valence-electron chi connectivity index (χ3n) is 5.01. The van der Waals surface area contributed by atoms with Gasteiger partial charge in [0.05, 0.1) is 5.54 Å². The molecule has 0 bridgehead atoms. The molecular weight excluding hydrogens is 222 g/mol. The lowest BCUT2D eigenvalue weighted by molar-refractivity contribution is -0.133. The number of ketones is 1. The Kier molecular flexibility index (Phi) is 6.34. The molecule has 0 unspecified atom stereocenters. The molecule has 0 heterocycles. The lowest BCUT2D eigenvalue weighted by Crippen LogP contribution is -2.54. The van der Waals surface area contributed by atoms with Crippen molar-refractivity contribution in [2.45, 2.75) is 78.2 Å². The second kappa shape index (κ2) is 7.28. The molecule has 1 rings (SSSR count). The Morgan fingerprint density at radius 1 is 1.06 bits per heavy atom. The van der Waals surface area contributed by atoms with Crippen LogP contribution in [0.2, 0.25) is 0 Å². The van der Waals surface area contributed by atoms with Crippen molar-refractivity contribution in [2.75, 3.05) is 13.1 Å². The second-order valence-electron chi connectivity index (χ2n) is 5.69. The number of carbonyl (C=O) groups excluding carboxylic acids is 1. The second-order valence-corrected chi connectivity index (χ2v) is 5.69. The van der Waals surface area contributed by atoms with Crippen LogP contribution in [0.25, 0.3) is 0 Å². The average molecular weight is 253 g/mol. The molecule has 0 radical (unpaired) electrons. The SMILES string of the molecule is CCN(CC)C(CC)(CC)C(=O)CC1CCCC1. The van der Waals surface area contributed by atoms with E-state index in [1.165, 1.54) is 25.7 Å². The van der Waals surface area contributed by atoms with Gasteiger partial charge in [0.1, 0.15) is 0 Å². The lowest BCUT2D eigenvalue weighted by atomic mass is 9.81. The summed E-state index contributed by atoms with van der Waals surface area (Å²) in [5.74, 6) is 1.17. The van der Waals surface area contributed by atoms with Crippen molar-refractivity contribution in [1.29, 1.82) is 0 Å². The summed E-state index contributed by atoms with van der Waals surface area (Å²) in [5.41, 5.74) is -0.188. The van der Waals surface area contributed by atoms with E-state index in [0.29, 0.717) is 11.7 Å². The fourth-order valence-corrected chi connectivity index (χ4v) is 3.76. The van der Waals surface area contributed by atoms with Crippen LogP contribution in [0.1, 0.15) is 72.6 Å². The molecule has 0 amide bonds. The molecule has 0 N–H and O–H groups in total. The number of carbonyl (C=O) groups is 1. The summed E-state index contributed by atoms with van der Waals surface area (Å²) >= 11 is 0. The number of hydrogen-bond donors (Lipinski definition) is 0.